The van der Waals surface area contributed by atoms with Gasteiger partial charge in [-0.25, -0.2) is 13.4 Å². The molecule has 1 aromatic carbocycles. The first-order valence-corrected chi connectivity index (χ1v) is 13.5. The number of pyridine rings is 1. The molecule has 0 aliphatic carbocycles. The molecule has 2 saturated heterocycles. The number of sulfonamides is 1. The first-order chi connectivity index (χ1) is 16.3. The molecule has 2 fully saturated rings. The first-order valence-electron chi connectivity index (χ1n) is 12.0. The largest absolute Gasteiger partial charge is 0.354 e. The molecule has 34 heavy (non-hydrogen) atoms. The number of aryl methyl sites for hydroxylation is 1. The highest BCUT2D eigenvalue weighted by atomic mass is 32.2. The molecule has 1 aromatic heterocycles. The van der Waals surface area contributed by atoms with Crippen LogP contribution >= 0.6 is 0 Å². The first kappa shape index (κ1) is 24.6. The maximum Gasteiger partial charge on any atom is 0.251 e. The maximum absolute atomic E-state index is 13.3. The van der Waals surface area contributed by atoms with Gasteiger partial charge in [-0.15, -0.1) is 0 Å². The molecule has 4 rings (SSSR count). The number of nitrogens with zero attached hydrogens (tertiary/aromatic N) is 4. The summed E-state index contributed by atoms with van der Waals surface area (Å²) in [4.78, 5) is 22.3. The van der Waals surface area contributed by atoms with E-state index in [2.05, 4.69) is 27.1 Å². The summed E-state index contributed by atoms with van der Waals surface area (Å²) in [6, 6.07) is 8.72. The summed E-state index contributed by atoms with van der Waals surface area (Å²) in [5, 5.41) is 2.96. The predicted molar refractivity (Wildman–Crippen MR) is 134 cm³/mol. The Balaban J connectivity index is 1.46. The van der Waals surface area contributed by atoms with E-state index >= 15 is 0 Å². The number of anilines is 1. The number of carbonyl (C=O) groups excluding carboxylic acids is 1. The van der Waals surface area contributed by atoms with Crippen molar-refractivity contribution in [2.75, 3.05) is 44.7 Å². The molecule has 0 saturated carbocycles. The van der Waals surface area contributed by atoms with Crippen LogP contribution in [-0.4, -0.2) is 74.3 Å². The summed E-state index contributed by atoms with van der Waals surface area (Å²) < 4.78 is 28.1. The molecule has 8 nitrogen and oxygen atoms in total. The van der Waals surface area contributed by atoms with E-state index in [9.17, 15) is 13.2 Å². The Labute approximate surface area is 203 Å². The number of hydrogen-bond donors (Lipinski definition) is 1. The second-order valence-corrected chi connectivity index (χ2v) is 11.3. The standard InChI is InChI=1S/C25H35N5O3S/c1-19-7-8-22(34(32,33)30-11-5-4-6-20(30)2)17-23(19)25(31)27-18-21-9-10-26-24(16-21)29-14-12-28(3)13-15-29/h7-10,16-17,20H,4-6,11-15,18H2,1-3H3,(H,27,31). The van der Waals surface area contributed by atoms with Gasteiger partial charge in [-0.3, -0.25) is 4.79 Å². The van der Waals surface area contributed by atoms with E-state index in [4.69, 9.17) is 0 Å². The van der Waals surface area contributed by atoms with Crippen LogP contribution in [0.3, 0.4) is 0 Å². The van der Waals surface area contributed by atoms with E-state index in [0.717, 1.165) is 62.4 Å². The summed E-state index contributed by atoms with van der Waals surface area (Å²) in [6.45, 7) is 8.49. The van der Waals surface area contributed by atoms with E-state index in [1.165, 1.54) is 6.07 Å². The zero-order valence-electron chi connectivity index (χ0n) is 20.3. The minimum atomic E-state index is -3.64. The van der Waals surface area contributed by atoms with Crippen LogP contribution in [0.1, 0.15) is 47.7 Å². The molecule has 1 unspecified atom stereocenters. The molecule has 3 heterocycles. The zero-order valence-corrected chi connectivity index (χ0v) is 21.1. The molecule has 2 aromatic rings. The third-order valence-electron chi connectivity index (χ3n) is 6.89. The predicted octanol–water partition coefficient (Wildman–Crippen LogP) is 2.63. The number of piperidine rings is 1. The molecule has 2 aliphatic rings. The number of rotatable bonds is 6. The molecule has 9 heteroatoms. The molecule has 2 aliphatic heterocycles. The fourth-order valence-corrected chi connectivity index (χ4v) is 6.35. The third kappa shape index (κ3) is 5.42. The van der Waals surface area contributed by atoms with Crippen molar-refractivity contribution in [3.8, 4) is 0 Å². The van der Waals surface area contributed by atoms with Gasteiger partial charge in [-0.05, 0) is 69.1 Å². The Morgan fingerprint density at radius 3 is 2.59 bits per heavy atom. The average molecular weight is 486 g/mol. The average Bonchev–Trinajstić information content (AvgIpc) is 2.83. The lowest BCUT2D eigenvalue weighted by atomic mass is 10.1. The minimum Gasteiger partial charge on any atom is -0.354 e. The molecule has 1 amide bonds. The van der Waals surface area contributed by atoms with Crippen LogP contribution in [0.25, 0.3) is 0 Å². The molecular weight excluding hydrogens is 450 g/mol. The van der Waals surface area contributed by atoms with Gasteiger partial charge in [-0.2, -0.15) is 4.31 Å². The summed E-state index contributed by atoms with van der Waals surface area (Å²) in [7, 11) is -1.52. The number of aromatic nitrogens is 1. The van der Waals surface area contributed by atoms with Crippen molar-refractivity contribution in [1.29, 1.82) is 0 Å². The zero-order chi connectivity index (χ0) is 24.3. The maximum atomic E-state index is 13.3. The van der Waals surface area contributed by atoms with Gasteiger partial charge < -0.3 is 15.1 Å². The lowest BCUT2D eigenvalue weighted by Crippen LogP contribution is -2.44. The number of carbonyl (C=O) groups is 1. The van der Waals surface area contributed by atoms with Gasteiger partial charge >= 0.3 is 0 Å². The topological polar surface area (TPSA) is 85.8 Å². The van der Waals surface area contributed by atoms with Crippen molar-refractivity contribution < 1.29 is 13.2 Å². The van der Waals surface area contributed by atoms with Crippen molar-refractivity contribution in [3.05, 3.63) is 53.2 Å². The van der Waals surface area contributed by atoms with E-state index in [1.54, 1.807) is 22.6 Å². The summed E-state index contributed by atoms with van der Waals surface area (Å²) in [5.74, 6) is 0.638. The lowest BCUT2D eigenvalue weighted by molar-refractivity contribution is 0.0950. The van der Waals surface area contributed by atoms with Crippen molar-refractivity contribution in [2.45, 2.75) is 50.6 Å². The van der Waals surface area contributed by atoms with E-state index < -0.39 is 10.0 Å². The van der Waals surface area contributed by atoms with Gasteiger partial charge in [0.2, 0.25) is 10.0 Å². The molecule has 0 spiro atoms. The highest BCUT2D eigenvalue weighted by Gasteiger charge is 2.31. The second-order valence-electron chi connectivity index (χ2n) is 9.43. The third-order valence-corrected chi connectivity index (χ3v) is 8.90. The molecule has 1 atom stereocenters. The SMILES string of the molecule is Cc1ccc(S(=O)(=O)N2CCCCC2C)cc1C(=O)NCc1ccnc(N2CCN(C)CC2)c1. The van der Waals surface area contributed by atoms with Crippen LogP contribution in [0.15, 0.2) is 41.4 Å². The minimum absolute atomic E-state index is 0.0291. The van der Waals surface area contributed by atoms with Crippen LogP contribution < -0.4 is 10.2 Å². The fraction of sp³-hybridized carbons (Fsp3) is 0.520. The number of piperazine rings is 1. The van der Waals surface area contributed by atoms with Crippen molar-refractivity contribution in [1.82, 2.24) is 19.5 Å². The molecule has 0 radical (unpaired) electrons. The van der Waals surface area contributed by atoms with E-state index in [-0.39, 0.29) is 16.8 Å². The fourth-order valence-electron chi connectivity index (χ4n) is 4.63. The number of benzene rings is 1. The molecule has 1 N–H and O–H groups in total. The summed E-state index contributed by atoms with van der Waals surface area (Å²) in [6.07, 6.45) is 4.54. The summed E-state index contributed by atoms with van der Waals surface area (Å²) >= 11 is 0. The smallest absolute Gasteiger partial charge is 0.251 e. The second kappa shape index (κ2) is 10.4. The van der Waals surface area contributed by atoms with Gasteiger partial charge in [0.15, 0.2) is 0 Å². The Morgan fingerprint density at radius 2 is 1.85 bits per heavy atom. The number of hydrogen-bond acceptors (Lipinski definition) is 6. The number of nitrogens with one attached hydrogen (secondary N) is 1. The highest BCUT2D eigenvalue weighted by molar-refractivity contribution is 7.89. The Bertz CT molecular complexity index is 1130. The number of likely N-dealkylation sites (N-methyl/N-ethyl adjacent to an activating group) is 1. The van der Waals surface area contributed by atoms with Crippen LogP contribution in [0.5, 0.6) is 0 Å². The monoisotopic (exact) mass is 485 g/mol. The number of amides is 1. The van der Waals surface area contributed by atoms with Gasteiger partial charge in [-0.1, -0.05) is 12.5 Å². The van der Waals surface area contributed by atoms with Gasteiger partial charge in [0.25, 0.3) is 5.91 Å². The Hall–Kier alpha value is -2.49. The molecule has 0 bridgehead atoms. The molecule has 184 valence electrons. The van der Waals surface area contributed by atoms with Gasteiger partial charge in [0.1, 0.15) is 5.82 Å². The lowest BCUT2D eigenvalue weighted by Gasteiger charge is -2.33. The molecular formula is C25H35N5O3S. The normalized spacial score (nSPS) is 20.3. The van der Waals surface area contributed by atoms with Crippen LogP contribution in [-0.2, 0) is 16.6 Å². The van der Waals surface area contributed by atoms with Crippen molar-refractivity contribution in [2.24, 2.45) is 0 Å². The van der Waals surface area contributed by atoms with Crippen molar-refractivity contribution >= 4 is 21.7 Å². The van der Waals surface area contributed by atoms with Crippen molar-refractivity contribution in [3.63, 3.8) is 0 Å². The van der Waals surface area contributed by atoms with E-state index in [0.29, 0.717) is 18.7 Å². The Kier molecular flexibility index (Phi) is 7.54. The van der Waals surface area contributed by atoms with Crippen LogP contribution in [0.4, 0.5) is 5.82 Å². The summed E-state index contributed by atoms with van der Waals surface area (Å²) in [5.41, 5.74) is 2.09. The van der Waals surface area contributed by atoms with E-state index in [1.807, 2.05) is 26.0 Å². The van der Waals surface area contributed by atoms with Gasteiger partial charge in [0.05, 0.1) is 4.90 Å². The van der Waals surface area contributed by atoms with Gasteiger partial charge in [0, 0.05) is 57.1 Å². The van der Waals surface area contributed by atoms with Crippen LogP contribution in [0, 0.1) is 6.92 Å². The Morgan fingerprint density at radius 1 is 1.09 bits per heavy atom. The highest BCUT2D eigenvalue weighted by Crippen LogP contribution is 2.26. The quantitative estimate of drug-likeness (QED) is 0.677. The van der Waals surface area contributed by atoms with Crippen LogP contribution in [0.2, 0.25) is 0 Å².